The first-order valence-corrected chi connectivity index (χ1v) is 14.9. The van der Waals surface area contributed by atoms with Crippen LogP contribution in [0.1, 0.15) is 37.8 Å². The van der Waals surface area contributed by atoms with E-state index < -0.39 is 0 Å². The Labute approximate surface area is 245 Å². The van der Waals surface area contributed by atoms with Crippen molar-refractivity contribution in [2.75, 3.05) is 55.6 Å². The SMILES string of the molecule is C=CC(=O)N1CCN(c2nc(N3CC(N(CC)CC)C3)nc3c(=O)n(-c4cccc5c4CCC5)ncc23)CC1CC#N. The number of anilines is 2. The fourth-order valence-corrected chi connectivity index (χ4v) is 6.67. The number of aromatic nitrogens is 4. The van der Waals surface area contributed by atoms with Crippen molar-refractivity contribution in [2.24, 2.45) is 0 Å². The molecule has 42 heavy (non-hydrogen) atoms. The molecule has 11 nitrogen and oxygen atoms in total. The number of aryl methyl sites for hydroxylation is 1. The Morgan fingerprint density at radius 3 is 2.69 bits per heavy atom. The van der Waals surface area contributed by atoms with Crippen molar-refractivity contribution < 1.29 is 4.79 Å². The van der Waals surface area contributed by atoms with Gasteiger partial charge in [0.1, 0.15) is 11.3 Å². The lowest BCUT2D eigenvalue weighted by Gasteiger charge is -2.45. The Morgan fingerprint density at radius 1 is 1.14 bits per heavy atom. The molecule has 2 aliphatic heterocycles. The Hall–Kier alpha value is -4.30. The normalized spacial score (nSPS) is 18.7. The number of benzene rings is 1. The standard InChI is InChI=1S/C31H37N9O2/c1-4-27(41)39-16-15-37(18-22(39)13-14-32)29-25-17-33-40(26-12-8-10-21-9-7-11-24(21)26)30(42)28(25)34-31(35-29)38-19-23(20-38)36(5-2)6-3/h4,8,10,12,17,22-23H,1,5-7,9,11,13,15-16,18-20H2,2-3H3. The quantitative estimate of drug-likeness (QED) is 0.378. The maximum Gasteiger partial charge on any atom is 0.298 e. The number of likely N-dealkylation sites (N-methyl/N-ethyl adjacent to an activating group) is 1. The van der Waals surface area contributed by atoms with Crippen LogP contribution in [0.25, 0.3) is 16.6 Å². The van der Waals surface area contributed by atoms with Crippen molar-refractivity contribution >= 4 is 28.6 Å². The van der Waals surface area contributed by atoms with Gasteiger partial charge in [0.25, 0.3) is 5.56 Å². The largest absolute Gasteiger partial charge is 0.352 e. The average Bonchev–Trinajstić information content (AvgIpc) is 3.48. The van der Waals surface area contributed by atoms with Gasteiger partial charge in [-0.1, -0.05) is 32.6 Å². The van der Waals surface area contributed by atoms with E-state index in [-0.39, 0.29) is 23.9 Å². The number of nitrogens with zero attached hydrogens (tertiary/aromatic N) is 9. The van der Waals surface area contributed by atoms with Gasteiger partial charge in [-0.3, -0.25) is 14.5 Å². The molecule has 11 heteroatoms. The minimum Gasteiger partial charge on any atom is -0.352 e. The van der Waals surface area contributed by atoms with Gasteiger partial charge in [-0.05, 0) is 55.6 Å². The highest BCUT2D eigenvalue weighted by Gasteiger charge is 2.35. The van der Waals surface area contributed by atoms with Crippen LogP contribution in [-0.4, -0.2) is 93.4 Å². The molecule has 3 aromatic rings. The topological polar surface area (TPSA) is 114 Å². The first kappa shape index (κ1) is 27.8. The molecule has 4 heterocycles. The van der Waals surface area contributed by atoms with Gasteiger partial charge >= 0.3 is 0 Å². The number of nitriles is 1. The Balaban J connectivity index is 1.44. The molecule has 1 atom stereocenters. The summed E-state index contributed by atoms with van der Waals surface area (Å²) in [6.07, 6.45) is 6.17. The van der Waals surface area contributed by atoms with Crippen molar-refractivity contribution in [3.63, 3.8) is 0 Å². The van der Waals surface area contributed by atoms with Gasteiger partial charge in [0.15, 0.2) is 0 Å². The second-order valence-electron chi connectivity index (χ2n) is 11.2. The molecule has 0 spiro atoms. The van der Waals surface area contributed by atoms with E-state index in [0.717, 1.165) is 51.1 Å². The minimum absolute atomic E-state index is 0.188. The number of carbonyl (C=O) groups is 1. The van der Waals surface area contributed by atoms with Crippen molar-refractivity contribution in [1.29, 1.82) is 5.26 Å². The van der Waals surface area contributed by atoms with Crippen molar-refractivity contribution in [1.82, 2.24) is 29.5 Å². The minimum atomic E-state index is -0.320. The van der Waals surface area contributed by atoms with Gasteiger partial charge < -0.3 is 14.7 Å². The molecule has 1 aromatic carbocycles. The van der Waals surface area contributed by atoms with Crippen LogP contribution >= 0.6 is 0 Å². The number of hydrogen-bond donors (Lipinski definition) is 0. The monoisotopic (exact) mass is 567 g/mol. The van der Waals surface area contributed by atoms with Gasteiger partial charge in [0, 0.05) is 38.8 Å². The fraction of sp³-hybridized carbons (Fsp3) is 0.484. The summed E-state index contributed by atoms with van der Waals surface area (Å²) < 4.78 is 1.49. The van der Waals surface area contributed by atoms with E-state index >= 15 is 0 Å². The van der Waals surface area contributed by atoms with Gasteiger partial charge in [-0.15, -0.1) is 0 Å². The molecule has 1 unspecified atom stereocenters. The molecule has 1 amide bonds. The van der Waals surface area contributed by atoms with Crippen LogP contribution in [0.4, 0.5) is 11.8 Å². The number of carbonyl (C=O) groups excluding carboxylic acids is 1. The lowest BCUT2D eigenvalue weighted by molar-refractivity contribution is -0.128. The fourth-order valence-electron chi connectivity index (χ4n) is 6.67. The molecule has 2 saturated heterocycles. The van der Waals surface area contributed by atoms with Gasteiger partial charge in [-0.2, -0.15) is 20.0 Å². The van der Waals surface area contributed by atoms with E-state index in [1.807, 2.05) is 12.1 Å². The molecule has 2 fully saturated rings. The highest BCUT2D eigenvalue weighted by molar-refractivity contribution is 5.90. The molecule has 3 aliphatic rings. The summed E-state index contributed by atoms with van der Waals surface area (Å²) in [7, 11) is 0. The van der Waals surface area contributed by atoms with Crippen molar-refractivity contribution in [2.45, 2.75) is 51.6 Å². The third-order valence-electron chi connectivity index (χ3n) is 9.00. The molecule has 1 aliphatic carbocycles. The Kier molecular flexibility index (Phi) is 7.64. The zero-order valence-corrected chi connectivity index (χ0v) is 24.4. The van der Waals surface area contributed by atoms with E-state index in [0.29, 0.717) is 48.3 Å². The van der Waals surface area contributed by atoms with Crippen LogP contribution < -0.4 is 15.4 Å². The molecular formula is C31H37N9O2. The molecule has 0 radical (unpaired) electrons. The van der Waals surface area contributed by atoms with E-state index in [2.05, 4.69) is 52.4 Å². The second-order valence-corrected chi connectivity index (χ2v) is 11.2. The number of amides is 1. The lowest BCUT2D eigenvalue weighted by atomic mass is 10.1. The van der Waals surface area contributed by atoms with Gasteiger partial charge in [-0.25, -0.2) is 4.98 Å². The molecule has 6 rings (SSSR count). The second kappa shape index (κ2) is 11.5. The summed E-state index contributed by atoms with van der Waals surface area (Å²) >= 11 is 0. The molecule has 218 valence electrons. The maximum absolute atomic E-state index is 14.1. The van der Waals surface area contributed by atoms with Crippen LogP contribution in [0.2, 0.25) is 0 Å². The van der Waals surface area contributed by atoms with Crippen LogP contribution in [0.5, 0.6) is 0 Å². The van der Waals surface area contributed by atoms with Crippen LogP contribution in [0.3, 0.4) is 0 Å². The average molecular weight is 568 g/mol. The predicted octanol–water partition coefficient (Wildman–Crippen LogP) is 2.31. The van der Waals surface area contributed by atoms with Gasteiger partial charge in [0.05, 0.1) is 35.8 Å². The van der Waals surface area contributed by atoms with E-state index in [4.69, 9.17) is 9.97 Å². The zero-order valence-electron chi connectivity index (χ0n) is 24.4. The summed E-state index contributed by atoms with van der Waals surface area (Å²) in [6.45, 7) is 12.8. The predicted molar refractivity (Wildman–Crippen MR) is 162 cm³/mol. The van der Waals surface area contributed by atoms with Gasteiger partial charge in [0.2, 0.25) is 11.9 Å². The number of hydrogen-bond acceptors (Lipinski definition) is 9. The van der Waals surface area contributed by atoms with Crippen molar-refractivity contribution in [3.05, 3.63) is 58.5 Å². The van der Waals surface area contributed by atoms with Crippen LogP contribution in [0, 0.1) is 11.3 Å². The lowest BCUT2D eigenvalue weighted by Crippen LogP contribution is -2.60. The van der Waals surface area contributed by atoms with Crippen LogP contribution in [0.15, 0.2) is 41.8 Å². The summed E-state index contributed by atoms with van der Waals surface area (Å²) in [5.74, 6) is 0.951. The number of piperazine rings is 1. The number of fused-ring (bicyclic) bond motifs is 2. The zero-order chi connectivity index (χ0) is 29.4. The summed E-state index contributed by atoms with van der Waals surface area (Å²) in [6, 6.07) is 8.38. The molecule has 0 saturated carbocycles. The van der Waals surface area contributed by atoms with Crippen LogP contribution in [-0.2, 0) is 17.6 Å². The summed E-state index contributed by atoms with van der Waals surface area (Å²) in [4.78, 5) is 44.8. The maximum atomic E-state index is 14.1. The highest BCUT2D eigenvalue weighted by Crippen LogP contribution is 2.31. The summed E-state index contributed by atoms with van der Waals surface area (Å²) in [5.41, 5.74) is 3.31. The van der Waals surface area contributed by atoms with E-state index in [9.17, 15) is 14.9 Å². The molecule has 0 N–H and O–H groups in total. The highest BCUT2D eigenvalue weighted by atomic mass is 16.2. The van der Waals surface area contributed by atoms with E-state index in [1.165, 1.54) is 21.9 Å². The molecular weight excluding hydrogens is 530 g/mol. The Bertz CT molecular complexity index is 1620. The first-order chi connectivity index (χ1) is 20.5. The van der Waals surface area contributed by atoms with E-state index in [1.54, 1.807) is 11.1 Å². The third kappa shape index (κ3) is 4.79. The molecule has 0 bridgehead atoms. The van der Waals surface area contributed by atoms with Crippen molar-refractivity contribution in [3.8, 4) is 11.8 Å². The third-order valence-corrected chi connectivity index (χ3v) is 9.00. The Morgan fingerprint density at radius 2 is 1.95 bits per heavy atom. The number of rotatable bonds is 8. The smallest absolute Gasteiger partial charge is 0.298 e. The summed E-state index contributed by atoms with van der Waals surface area (Å²) in [5, 5.41) is 14.7. The first-order valence-electron chi connectivity index (χ1n) is 14.9. The molecule has 2 aromatic heterocycles.